The lowest BCUT2D eigenvalue weighted by Crippen LogP contribution is -2.49. The first kappa shape index (κ1) is 15.9. The van der Waals surface area contributed by atoms with Gasteiger partial charge in [-0.3, -0.25) is 9.59 Å². The third-order valence-electron chi connectivity index (χ3n) is 3.52. The van der Waals surface area contributed by atoms with Gasteiger partial charge < -0.3 is 15.2 Å². The Hall–Kier alpha value is -1.15. The van der Waals surface area contributed by atoms with E-state index in [1.807, 2.05) is 0 Å². The number of hydrogen-bond acceptors (Lipinski definition) is 5. The molecule has 0 spiro atoms. The number of carboxylic acid groups (broad SMARTS) is 1. The number of ether oxygens (including phenoxy) is 1. The zero-order valence-electron chi connectivity index (χ0n) is 11.0. The average molecular weight is 293 g/mol. The van der Waals surface area contributed by atoms with Crippen molar-refractivity contribution in [1.29, 1.82) is 0 Å². The van der Waals surface area contributed by atoms with E-state index in [2.05, 4.69) is 5.32 Å². The predicted molar refractivity (Wildman–Crippen MR) is 67.4 cm³/mol. The highest BCUT2D eigenvalue weighted by Crippen LogP contribution is 2.30. The van der Waals surface area contributed by atoms with Crippen molar-refractivity contribution < 1.29 is 27.9 Å². The molecule has 1 heterocycles. The molecule has 0 aromatic rings. The summed E-state index contributed by atoms with van der Waals surface area (Å²) in [6.45, 7) is 1.85. The summed E-state index contributed by atoms with van der Waals surface area (Å²) in [6.07, 6.45) is 1.57. The first-order valence-corrected chi connectivity index (χ1v) is 7.92. The van der Waals surface area contributed by atoms with Crippen LogP contribution in [0.1, 0.15) is 19.8 Å². The van der Waals surface area contributed by atoms with Gasteiger partial charge in [-0.1, -0.05) is 0 Å². The molecule has 0 aliphatic carbocycles. The van der Waals surface area contributed by atoms with E-state index >= 15 is 0 Å². The van der Waals surface area contributed by atoms with Gasteiger partial charge in [-0.05, 0) is 19.8 Å². The molecule has 0 bridgehead atoms. The Labute approximate surface area is 112 Å². The smallest absolute Gasteiger partial charge is 0.311 e. The maximum Gasteiger partial charge on any atom is 0.311 e. The third-order valence-corrected chi connectivity index (χ3v) is 5.01. The number of nitrogens with one attached hydrogen (secondary N) is 1. The Balaban J connectivity index is 2.68. The number of hydrogen-bond donors (Lipinski definition) is 2. The summed E-state index contributed by atoms with van der Waals surface area (Å²) in [5.74, 6) is -1.67. The van der Waals surface area contributed by atoms with Gasteiger partial charge in [-0.2, -0.15) is 0 Å². The van der Waals surface area contributed by atoms with E-state index in [4.69, 9.17) is 4.74 Å². The highest BCUT2D eigenvalue weighted by Gasteiger charge is 2.41. The monoisotopic (exact) mass is 293 g/mol. The molecule has 1 aliphatic heterocycles. The van der Waals surface area contributed by atoms with Gasteiger partial charge in [0.1, 0.15) is 5.25 Å². The molecular formula is C11H19NO6S. The first-order chi connectivity index (χ1) is 8.69. The van der Waals surface area contributed by atoms with Crippen molar-refractivity contribution in [3.63, 3.8) is 0 Å². The maximum atomic E-state index is 11.7. The minimum atomic E-state index is -3.48. The number of carboxylic acids is 1. The second-order valence-electron chi connectivity index (χ2n) is 4.89. The maximum absolute atomic E-state index is 11.7. The minimum Gasteiger partial charge on any atom is -0.481 e. The van der Waals surface area contributed by atoms with E-state index in [9.17, 15) is 23.1 Å². The van der Waals surface area contributed by atoms with Crippen LogP contribution < -0.4 is 5.32 Å². The van der Waals surface area contributed by atoms with Crippen LogP contribution in [-0.2, 0) is 24.2 Å². The van der Waals surface area contributed by atoms with Gasteiger partial charge in [0.25, 0.3) is 0 Å². The molecule has 1 unspecified atom stereocenters. The lowest BCUT2D eigenvalue weighted by Gasteiger charge is -2.33. The van der Waals surface area contributed by atoms with Crippen LogP contribution in [0.15, 0.2) is 0 Å². The Morgan fingerprint density at radius 3 is 2.32 bits per heavy atom. The second kappa shape index (κ2) is 5.87. The Morgan fingerprint density at radius 1 is 1.37 bits per heavy atom. The normalized spacial score (nSPS) is 20.5. The first-order valence-electron chi connectivity index (χ1n) is 5.97. The van der Waals surface area contributed by atoms with Crippen LogP contribution in [0.4, 0.5) is 0 Å². The summed E-state index contributed by atoms with van der Waals surface area (Å²) in [5.41, 5.74) is -1.06. The Morgan fingerprint density at radius 2 is 1.89 bits per heavy atom. The fourth-order valence-electron chi connectivity index (χ4n) is 1.82. The van der Waals surface area contributed by atoms with Crippen LogP contribution in [0.25, 0.3) is 0 Å². The van der Waals surface area contributed by atoms with E-state index in [1.54, 1.807) is 0 Å². The molecule has 7 nitrogen and oxygen atoms in total. The fourth-order valence-corrected chi connectivity index (χ4v) is 2.30. The Kier molecular flexibility index (Phi) is 4.92. The van der Waals surface area contributed by atoms with Gasteiger partial charge in [0, 0.05) is 26.0 Å². The second-order valence-corrected chi connectivity index (χ2v) is 7.25. The minimum absolute atomic E-state index is 0.0790. The zero-order valence-corrected chi connectivity index (χ0v) is 11.8. The van der Waals surface area contributed by atoms with E-state index in [1.165, 1.54) is 6.92 Å². The molecule has 110 valence electrons. The molecule has 0 radical (unpaired) electrons. The SMILES string of the molecule is CC(C(=O)NCC1(C(=O)O)CCOCC1)S(C)(=O)=O. The summed E-state index contributed by atoms with van der Waals surface area (Å²) in [4.78, 5) is 23.0. The van der Waals surface area contributed by atoms with Crippen molar-refractivity contribution in [1.82, 2.24) is 5.32 Å². The van der Waals surface area contributed by atoms with Crippen molar-refractivity contribution in [2.24, 2.45) is 5.41 Å². The van der Waals surface area contributed by atoms with Crippen molar-refractivity contribution >= 4 is 21.7 Å². The molecular weight excluding hydrogens is 274 g/mol. The number of aliphatic carboxylic acids is 1. The number of carbonyl (C=O) groups is 2. The molecule has 19 heavy (non-hydrogen) atoms. The molecule has 0 saturated carbocycles. The standard InChI is InChI=1S/C11H19NO6S/c1-8(19(2,16)17)9(13)12-7-11(10(14)15)3-5-18-6-4-11/h8H,3-7H2,1-2H3,(H,12,13)(H,14,15). The van der Waals surface area contributed by atoms with Gasteiger partial charge in [0.05, 0.1) is 5.41 Å². The summed E-state index contributed by atoms with van der Waals surface area (Å²) >= 11 is 0. The van der Waals surface area contributed by atoms with Crippen LogP contribution in [0.2, 0.25) is 0 Å². The zero-order chi connectivity index (χ0) is 14.7. The van der Waals surface area contributed by atoms with Crippen LogP contribution in [0, 0.1) is 5.41 Å². The molecule has 0 aromatic carbocycles. The molecule has 1 rings (SSSR count). The summed E-state index contributed by atoms with van der Waals surface area (Å²) in [7, 11) is -3.48. The van der Waals surface area contributed by atoms with E-state index in [0.717, 1.165) is 6.26 Å². The highest BCUT2D eigenvalue weighted by atomic mass is 32.2. The van der Waals surface area contributed by atoms with Crippen LogP contribution in [0.3, 0.4) is 0 Å². The number of carbonyl (C=O) groups excluding carboxylic acids is 1. The van der Waals surface area contributed by atoms with Crippen molar-refractivity contribution in [3.05, 3.63) is 0 Å². The summed E-state index contributed by atoms with van der Waals surface area (Å²) in [5, 5.41) is 10.5. The topological polar surface area (TPSA) is 110 Å². The summed E-state index contributed by atoms with van der Waals surface area (Å²) in [6, 6.07) is 0. The highest BCUT2D eigenvalue weighted by molar-refractivity contribution is 7.92. The van der Waals surface area contributed by atoms with Crippen molar-refractivity contribution in [2.75, 3.05) is 26.0 Å². The van der Waals surface area contributed by atoms with Crippen LogP contribution in [-0.4, -0.2) is 56.7 Å². The van der Waals surface area contributed by atoms with Gasteiger partial charge in [0.15, 0.2) is 9.84 Å². The van der Waals surface area contributed by atoms with Gasteiger partial charge in [-0.25, -0.2) is 8.42 Å². The van der Waals surface area contributed by atoms with Gasteiger partial charge in [0.2, 0.25) is 5.91 Å². The van der Waals surface area contributed by atoms with Crippen LogP contribution >= 0.6 is 0 Å². The summed E-state index contributed by atoms with van der Waals surface area (Å²) < 4.78 is 27.6. The molecule has 1 amide bonds. The molecule has 1 saturated heterocycles. The lowest BCUT2D eigenvalue weighted by atomic mass is 9.80. The number of rotatable bonds is 5. The predicted octanol–water partition coefficient (Wildman–Crippen LogP) is -0.583. The largest absolute Gasteiger partial charge is 0.481 e. The van der Waals surface area contributed by atoms with E-state index in [0.29, 0.717) is 26.1 Å². The van der Waals surface area contributed by atoms with Gasteiger partial charge >= 0.3 is 5.97 Å². The average Bonchev–Trinajstić information content (AvgIpc) is 2.34. The quantitative estimate of drug-likeness (QED) is 0.701. The Bertz CT molecular complexity index is 452. The van der Waals surface area contributed by atoms with Gasteiger partial charge in [-0.15, -0.1) is 0 Å². The molecule has 1 fully saturated rings. The van der Waals surface area contributed by atoms with Crippen molar-refractivity contribution in [3.8, 4) is 0 Å². The molecule has 8 heteroatoms. The fraction of sp³-hybridized carbons (Fsp3) is 0.818. The van der Waals surface area contributed by atoms with E-state index in [-0.39, 0.29) is 6.54 Å². The molecule has 1 aliphatic rings. The molecule has 1 atom stereocenters. The number of sulfone groups is 1. The lowest BCUT2D eigenvalue weighted by molar-refractivity contribution is -0.154. The third kappa shape index (κ3) is 3.90. The molecule has 2 N–H and O–H groups in total. The molecule has 0 aromatic heterocycles. The van der Waals surface area contributed by atoms with Crippen LogP contribution in [0.5, 0.6) is 0 Å². The number of amides is 1. The van der Waals surface area contributed by atoms with Crippen molar-refractivity contribution in [2.45, 2.75) is 25.0 Å². The van der Waals surface area contributed by atoms with E-state index < -0.39 is 32.4 Å².